The van der Waals surface area contributed by atoms with Gasteiger partial charge in [0.2, 0.25) is 0 Å². The molecule has 9 N–H and O–H groups in total. The number of fused-ring (bicyclic) bond motifs is 1. The molecule has 0 saturated carbocycles. The van der Waals surface area contributed by atoms with Crippen LogP contribution >= 0.6 is 58.2 Å². The van der Waals surface area contributed by atoms with E-state index in [1.54, 1.807) is 0 Å². The molecular formula is C25H20N6O12S5. The number of aromatic carboxylic acids is 1. The molecule has 2 aliphatic heterocycles. The zero-order valence-electron chi connectivity index (χ0n) is 23.5. The van der Waals surface area contributed by atoms with Crippen molar-refractivity contribution in [2.45, 2.75) is 26.0 Å². The number of amides is 2. The van der Waals surface area contributed by atoms with Crippen LogP contribution in [-0.4, -0.2) is 104 Å². The Kier molecular flexibility index (Phi) is 10.2. The van der Waals surface area contributed by atoms with E-state index in [9.17, 15) is 54.3 Å². The van der Waals surface area contributed by atoms with Gasteiger partial charge < -0.3 is 41.4 Å². The number of aromatic hydroxyl groups is 2. The molecule has 1 unspecified atom stereocenters. The van der Waals surface area contributed by atoms with Crippen molar-refractivity contribution in [3.05, 3.63) is 56.5 Å². The van der Waals surface area contributed by atoms with E-state index in [0.717, 1.165) is 63.4 Å². The molecule has 1 saturated heterocycles. The summed E-state index contributed by atoms with van der Waals surface area (Å²) in [5, 5.41) is 54.9. The maximum absolute atomic E-state index is 13.4. The molecule has 0 radical (unpaired) electrons. The van der Waals surface area contributed by atoms with E-state index >= 15 is 0 Å². The summed E-state index contributed by atoms with van der Waals surface area (Å²) >= 11 is 4.37. The molecule has 18 nitrogen and oxygen atoms in total. The number of H-pyrrole nitrogens is 1. The van der Waals surface area contributed by atoms with Gasteiger partial charge in [0.1, 0.15) is 22.8 Å². The molecule has 3 aromatic rings. The Morgan fingerprint density at radius 1 is 1.17 bits per heavy atom. The maximum atomic E-state index is 13.4. The molecule has 48 heavy (non-hydrogen) atoms. The summed E-state index contributed by atoms with van der Waals surface area (Å²) in [6, 6.07) is 2.30. The number of thioether (sulfide) groups is 3. The third kappa shape index (κ3) is 7.08. The largest absolute Gasteiger partial charge is 0.504 e. The lowest BCUT2D eigenvalue weighted by Crippen LogP contribution is -2.71. The zero-order valence-corrected chi connectivity index (χ0v) is 27.6. The summed E-state index contributed by atoms with van der Waals surface area (Å²) in [7, 11) is 0. The number of rotatable bonds is 13. The van der Waals surface area contributed by atoms with Crippen molar-refractivity contribution >= 4 is 98.7 Å². The van der Waals surface area contributed by atoms with Crippen LogP contribution in [0.5, 0.6) is 11.5 Å². The molecule has 3 atom stereocenters. The standard InChI is InChI=1S/C25H20N6O12S5/c26-25-27-9(6-46-25)13(29-43-23(22(41)42)47-8-1-2-10(32)11(33)3-8)17(35)28-14-18(36)31-15(21(39)40)7(4-44-19(14)31)5-45-24-12(20(37)38)16(34)30-48-24/h1-3,6,14,19,23,32-33H,4-5H2,(H2,26,27)(H,28,35)(H,30,34)(H,37,38)(H,39,40)(H,41,42)/b29-13+/t14-,19-,23?/m1/s1. The summed E-state index contributed by atoms with van der Waals surface area (Å²) in [4.78, 5) is 84.4. The second kappa shape index (κ2) is 14.2. The van der Waals surface area contributed by atoms with E-state index in [4.69, 9.17) is 10.6 Å². The molecular weight excluding hydrogens is 737 g/mol. The molecule has 0 aliphatic carbocycles. The van der Waals surface area contributed by atoms with Crippen molar-refractivity contribution < 1.29 is 54.3 Å². The van der Waals surface area contributed by atoms with Gasteiger partial charge in [-0.05, 0) is 23.8 Å². The van der Waals surface area contributed by atoms with Gasteiger partial charge in [0.05, 0.1) is 4.21 Å². The number of phenolic OH excluding ortho intramolecular Hbond substituents is 2. The topological polar surface area (TPSA) is 295 Å². The third-order valence-electron chi connectivity index (χ3n) is 6.41. The third-order valence-corrected chi connectivity index (χ3v) is 11.7. The van der Waals surface area contributed by atoms with Gasteiger partial charge in [0.25, 0.3) is 22.8 Å². The molecule has 252 valence electrons. The van der Waals surface area contributed by atoms with Gasteiger partial charge in [0.15, 0.2) is 27.9 Å². The summed E-state index contributed by atoms with van der Waals surface area (Å²) < 4.78 is 2.46. The summed E-state index contributed by atoms with van der Waals surface area (Å²) in [6.07, 6.45) is 0. The van der Waals surface area contributed by atoms with Gasteiger partial charge >= 0.3 is 17.9 Å². The predicted molar refractivity (Wildman–Crippen MR) is 174 cm³/mol. The molecule has 0 spiro atoms. The number of anilines is 1. The van der Waals surface area contributed by atoms with E-state index in [-0.39, 0.29) is 42.7 Å². The number of hydrogen-bond donors (Lipinski definition) is 8. The molecule has 1 aromatic carbocycles. The Morgan fingerprint density at radius 3 is 2.54 bits per heavy atom. The molecule has 2 aliphatic rings. The lowest BCUT2D eigenvalue weighted by Gasteiger charge is -2.49. The van der Waals surface area contributed by atoms with Crippen LogP contribution in [0, 0.1) is 0 Å². The Hall–Kier alpha value is -4.71. The highest BCUT2D eigenvalue weighted by molar-refractivity contribution is 8.02. The van der Waals surface area contributed by atoms with Crippen molar-refractivity contribution in [3.8, 4) is 11.5 Å². The molecule has 1 fully saturated rings. The maximum Gasteiger partial charge on any atom is 0.358 e. The number of aromatic nitrogens is 2. The number of carboxylic acids is 3. The highest BCUT2D eigenvalue weighted by Crippen LogP contribution is 2.42. The van der Waals surface area contributed by atoms with Gasteiger partial charge in [0, 0.05) is 21.8 Å². The summed E-state index contributed by atoms with van der Waals surface area (Å²) in [5.41, 5.74) is 2.00. The minimum absolute atomic E-state index is 0.0342. The highest BCUT2D eigenvalue weighted by Gasteiger charge is 2.54. The second-order valence-electron chi connectivity index (χ2n) is 9.46. The minimum atomic E-state index is -1.75. The number of oxime groups is 1. The number of phenols is 2. The van der Waals surface area contributed by atoms with E-state index in [1.807, 2.05) is 0 Å². The van der Waals surface area contributed by atoms with Crippen LogP contribution in [0.2, 0.25) is 0 Å². The van der Waals surface area contributed by atoms with Crippen LogP contribution in [0.3, 0.4) is 0 Å². The number of nitrogens with zero attached hydrogens (tertiary/aromatic N) is 3. The minimum Gasteiger partial charge on any atom is -0.504 e. The first-order valence-electron chi connectivity index (χ1n) is 12.9. The van der Waals surface area contributed by atoms with Gasteiger partial charge in [-0.25, -0.2) is 19.4 Å². The molecule has 5 rings (SSSR count). The number of carboxylic acid groups (broad SMARTS) is 3. The van der Waals surface area contributed by atoms with Crippen molar-refractivity contribution in [2.75, 3.05) is 17.2 Å². The number of aliphatic carboxylic acids is 2. The second-order valence-corrected chi connectivity index (χ2v) is 14.7. The van der Waals surface area contributed by atoms with Crippen LogP contribution in [0.1, 0.15) is 16.1 Å². The van der Waals surface area contributed by atoms with Crippen LogP contribution in [-0.2, 0) is 24.0 Å². The van der Waals surface area contributed by atoms with Gasteiger partial charge in [-0.3, -0.25) is 23.7 Å². The first kappa shape index (κ1) is 34.6. The Labute approximate surface area is 287 Å². The highest BCUT2D eigenvalue weighted by atomic mass is 32.2. The lowest BCUT2D eigenvalue weighted by atomic mass is 10.0. The number of nitrogens with one attached hydrogen (secondary N) is 2. The van der Waals surface area contributed by atoms with Gasteiger partial charge in [-0.15, -0.1) is 34.9 Å². The first-order chi connectivity index (χ1) is 22.8. The lowest BCUT2D eigenvalue weighted by molar-refractivity contribution is -0.150. The van der Waals surface area contributed by atoms with Crippen molar-refractivity contribution in [2.24, 2.45) is 5.16 Å². The normalized spacial score (nSPS) is 18.1. The van der Waals surface area contributed by atoms with E-state index < -0.39 is 74.9 Å². The van der Waals surface area contributed by atoms with Gasteiger partial charge in [-0.1, -0.05) is 28.5 Å². The number of benzene rings is 1. The number of thiazole rings is 1. The number of carbonyl (C=O) groups excluding carboxylic acids is 2. The number of β-lactam (4-membered cyclic amide) rings is 1. The van der Waals surface area contributed by atoms with Gasteiger partial charge in [-0.2, -0.15) is 0 Å². The smallest absolute Gasteiger partial charge is 0.358 e. The van der Waals surface area contributed by atoms with Crippen LogP contribution in [0.15, 0.2) is 53.9 Å². The number of carbonyl (C=O) groups is 5. The van der Waals surface area contributed by atoms with Crippen molar-refractivity contribution in [1.29, 1.82) is 0 Å². The number of hydrogen-bond acceptors (Lipinski definition) is 17. The Bertz CT molecular complexity index is 1950. The van der Waals surface area contributed by atoms with Crippen molar-refractivity contribution in [3.63, 3.8) is 0 Å². The molecule has 4 heterocycles. The Balaban J connectivity index is 1.33. The fraction of sp³-hybridized carbons (Fsp3) is 0.200. The number of nitrogens with two attached hydrogens (primary N) is 1. The zero-order chi connectivity index (χ0) is 34.9. The fourth-order valence-electron chi connectivity index (χ4n) is 4.25. The molecule has 0 bridgehead atoms. The number of aromatic amines is 1. The Morgan fingerprint density at radius 2 is 1.92 bits per heavy atom. The first-order valence-corrected chi connectivity index (χ1v) is 17.5. The van der Waals surface area contributed by atoms with Crippen LogP contribution in [0.25, 0.3) is 0 Å². The molecule has 23 heteroatoms. The van der Waals surface area contributed by atoms with Crippen LogP contribution < -0.4 is 16.6 Å². The monoisotopic (exact) mass is 756 g/mol. The average molecular weight is 757 g/mol. The van der Waals surface area contributed by atoms with E-state index in [1.165, 1.54) is 11.4 Å². The SMILES string of the molecule is Nc1nc(/C(=N\OC(Sc2ccc(O)c(O)c2)C(=O)O)C(=O)N[C@@H]2C(=O)N3C(C(=O)O)=C(CSc4s[nH]c(=O)c4C(=O)O)CS[C@H]23)cs1. The fourth-order valence-corrected chi connectivity index (χ4v) is 9.01. The van der Waals surface area contributed by atoms with Crippen molar-refractivity contribution in [1.82, 2.24) is 19.6 Å². The molecule has 2 amide bonds. The summed E-state index contributed by atoms with van der Waals surface area (Å²) in [6.45, 7) is 0. The van der Waals surface area contributed by atoms with Crippen LogP contribution in [0.4, 0.5) is 5.13 Å². The molecule has 2 aromatic heterocycles. The number of nitrogen functional groups attached to an aromatic ring is 1. The average Bonchev–Trinajstić information content (AvgIpc) is 3.63. The predicted octanol–water partition coefficient (Wildman–Crippen LogP) is 1.04. The summed E-state index contributed by atoms with van der Waals surface area (Å²) in [5.74, 6) is -7.06. The van der Waals surface area contributed by atoms with E-state index in [0.29, 0.717) is 11.8 Å². The van der Waals surface area contributed by atoms with E-state index in [2.05, 4.69) is 19.8 Å². The quantitative estimate of drug-likeness (QED) is 0.0302.